The van der Waals surface area contributed by atoms with Crippen molar-refractivity contribution in [1.29, 1.82) is 0 Å². The van der Waals surface area contributed by atoms with Crippen molar-refractivity contribution in [3.63, 3.8) is 0 Å². The Morgan fingerprint density at radius 1 is 1.26 bits per heavy atom. The second-order valence-electron chi connectivity index (χ2n) is 3.81. The summed E-state index contributed by atoms with van der Waals surface area (Å²) in [6.45, 7) is 0.334. The summed E-state index contributed by atoms with van der Waals surface area (Å²) >= 11 is 5.24. The van der Waals surface area contributed by atoms with E-state index in [2.05, 4.69) is 25.7 Å². The van der Waals surface area contributed by atoms with Crippen LogP contribution in [0.15, 0.2) is 30.3 Å². The number of para-hydroxylation sites is 1. The number of hydrogen-bond acceptors (Lipinski definition) is 6. The fraction of sp³-hybridized carbons (Fsp3) is 0.100. The first-order valence-corrected chi connectivity index (χ1v) is 5.90. The molecule has 0 bridgehead atoms. The van der Waals surface area contributed by atoms with Gasteiger partial charge in [-0.25, -0.2) is 4.68 Å². The highest BCUT2D eigenvalue weighted by molar-refractivity contribution is 7.71. The molecule has 0 aliphatic carbocycles. The zero-order valence-corrected chi connectivity index (χ0v) is 10.6. The minimum Gasteiger partial charge on any atom is -0.367 e. The molecule has 9 heteroatoms. The molecule has 3 aromatic rings. The molecular formula is C10H10N8S. The standard InChI is InChI=1S/C10H10N8S/c11-9-13-15-16-17(9)6-8-12-14-10(19)18(8)7-4-2-1-3-5-7/h1-5H,6H2,(H,14,19)(H2,11,13,16). The number of aromatic nitrogens is 7. The fourth-order valence-electron chi connectivity index (χ4n) is 1.74. The van der Waals surface area contributed by atoms with Gasteiger partial charge >= 0.3 is 0 Å². The van der Waals surface area contributed by atoms with Gasteiger partial charge in [0.25, 0.3) is 0 Å². The number of H-pyrrole nitrogens is 1. The first kappa shape index (κ1) is 11.5. The van der Waals surface area contributed by atoms with Crippen LogP contribution in [0.25, 0.3) is 5.69 Å². The maximum absolute atomic E-state index is 5.64. The van der Waals surface area contributed by atoms with Crippen LogP contribution in [0.3, 0.4) is 0 Å². The fourth-order valence-corrected chi connectivity index (χ4v) is 1.99. The third-order valence-corrected chi connectivity index (χ3v) is 2.88. The van der Waals surface area contributed by atoms with Crippen LogP contribution in [0.2, 0.25) is 0 Å². The number of aromatic amines is 1. The van der Waals surface area contributed by atoms with Gasteiger partial charge in [-0.1, -0.05) is 23.3 Å². The normalized spacial score (nSPS) is 10.7. The topological polar surface area (TPSA) is 103 Å². The van der Waals surface area contributed by atoms with Gasteiger partial charge in [-0.15, -0.1) is 0 Å². The molecule has 19 heavy (non-hydrogen) atoms. The summed E-state index contributed by atoms with van der Waals surface area (Å²) in [6.07, 6.45) is 0. The molecule has 2 heterocycles. The Morgan fingerprint density at radius 2 is 2.05 bits per heavy atom. The average Bonchev–Trinajstić information content (AvgIpc) is 2.98. The number of nitrogens with zero attached hydrogens (tertiary/aromatic N) is 6. The van der Waals surface area contributed by atoms with Crippen molar-refractivity contribution in [2.75, 3.05) is 5.73 Å². The van der Waals surface area contributed by atoms with Crippen LogP contribution in [-0.2, 0) is 6.54 Å². The van der Waals surface area contributed by atoms with Gasteiger partial charge in [-0.05, 0) is 34.8 Å². The molecular weight excluding hydrogens is 264 g/mol. The smallest absolute Gasteiger partial charge is 0.240 e. The van der Waals surface area contributed by atoms with Crippen LogP contribution in [0.4, 0.5) is 5.95 Å². The van der Waals surface area contributed by atoms with E-state index in [0.29, 0.717) is 17.1 Å². The maximum atomic E-state index is 5.64. The zero-order valence-electron chi connectivity index (χ0n) is 9.76. The third kappa shape index (κ3) is 2.10. The number of hydrogen-bond donors (Lipinski definition) is 2. The van der Waals surface area contributed by atoms with Gasteiger partial charge in [-0.3, -0.25) is 9.67 Å². The van der Waals surface area contributed by atoms with Gasteiger partial charge in [0.15, 0.2) is 10.6 Å². The summed E-state index contributed by atoms with van der Waals surface area (Å²) in [5.41, 5.74) is 6.56. The van der Waals surface area contributed by atoms with Gasteiger partial charge in [0.2, 0.25) is 5.95 Å². The number of anilines is 1. The monoisotopic (exact) mass is 274 g/mol. The molecule has 0 atom stereocenters. The van der Waals surface area contributed by atoms with Crippen molar-refractivity contribution in [2.24, 2.45) is 0 Å². The number of nitrogens with one attached hydrogen (secondary N) is 1. The molecule has 0 fully saturated rings. The Hall–Kier alpha value is -2.55. The summed E-state index contributed by atoms with van der Waals surface area (Å²) in [6, 6.07) is 9.68. The molecule has 0 aliphatic rings. The quantitative estimate of drug-likeness (QED) is 0.676. The molecule has 96 valence electrons. The molecule has 3 N–H and O–H groups in total. The van der Waals surface area contributed by atoms with Crippen molar-refractivity contribution in [3.8, 4) is 5.69 Å². The van der Waals surface area contributed by atoms with Gasteiger partial charge in [-0.2, -0.15) is 5.10 Å². The molecule has 3 rings (SSSR count). The van der Waals surface area contributed by atoms with E-state index in [1.54, 1.807) is 0 Å². The molecule has 0 spiro atoms. The summed E-state index contributed by atoms with van der Waals surface area (Å²) in [5.74, 6) is 0.906. The van der Waals surface area contributed by atoms with Crippen LogP contribution in [0.5, 0.6) is 0 Å². The highest BCUT2D eigenvalue weighted by atomic mass is 32.1. The summed E-state index contributed by atoms with van der Waals surface area (Å²) in [5, 5.41) is 17.8. The Balaban J connectivity index is 2.05. The van der Waals surface area contributed by atoms with Crippen LogP contribution in [0, 0.1) is 4.77 Å². The van der Waals surface area contributed by atoms with E-state index in [1.807, 2.05) is 34.9 Å². The summed E-state index contributed by atoms with van der Waals surface area (Å²) in [4.78, 5) is 0. The Bertz CT molecular complexity index is 740. The van der Waals surface area contributed by atoms with Crippen LogP contribution in [-0.4, -0.2) is 35.0 Å². The zero-order chi connectivity index (χ0) is 13.2. The van der Waals surface area contributed by atoms with E-state index in [0.717, 1.165) is 5.69 Å². The lowest BCUT2D eigenvalue weighted by atomic mass is 10.3. The number of nitrogen functional groups attached to an aromatic ring is 1. The van der Waals surface area contributed by atoms with Crippen LogP contribution >= 0.6 is 12.2 Å². The summed E-state index contributed by atoms with van der Waals surface area (Å²) in [7, 11) is 0. The number of tetrazole rings is 1. The predicted octanol–water partition coefficient (Wildman–Crippen LogP) is 0.547. The molecule has 8 nitrogen and oxygen atoms in total. The SMILES string of the molecule is Nc1nnnn1Cc1n[nH]c(=S)n1-c1ccccc1. The van der Waals surface area contributed by atoms with Crippen molar-refractivity contribution in [2.45, 2.75) is 6.54 Å². The van der Waals surface area contributed by atoms with Crippen LogP contribution in [0.1, 0.15) is 5.82 Å². The van der Waals surface area contributed by atoms with Gasteiger partial charge in [0.1, 0.15) is 6.54 Å². The van der Waals surface area contributed by atoms with E-state index in [4.69, 9.17) is 18.0 Å². The lowest BCUT2D eigenvalue weighted by Gasteiger charge is -2.06. The van der Waals surface area contributed by atoms with Crippen molar-refractivity contribution in [3.05, 3.63) is 40.9 Å². The number of benzene rings is 1. The molecule has 0 unspecified atom stereocenters. The lowest BCUT2D eigenvalue weighted by Crippen LogP contribution is -2.11. The molecule has 0 saturated heterocycles. The van der Waals surface area contributed by atoms with Crippen LogP contribution < -0.4 is 5.73 Å². The van der Waals surface area contributed by atoms with E-state index >= 15 is 0 Å². The first-order chi connectivity index (χ1) is 9.25. The van der Waals surface area contributed by atoms with Crippen molar-refractivity contribution < 1.29 is 0 Å². The minimum atomic E-state index is 0.230. The largest absolute Gasteiger partial charge is 0.367 e. The van der Waals surface area contributed by atoms with E-state index in [1.165, 1.54) is 4.68 Å². The molecule has 1 aromatic carbocycles. The number of nitrogens with two attached hydrogens (primary N) is 1. The average molecular weight is 274 g/mol. The van der Waals surface area contributed by atoms with Gasteiger partial charge in [0.05, 0.1) is 0 Å². The molecule has 0 radical (unpaired) electrons. The summed E-state index contributed by atoms with van der Waals surface area (Å²) < 4.78 is 3.77. The van der Waals surface area contributed by atoms with E-state index < -0.39 is 0 Å². The van der Waals surface area contributed by atoms with Gasteiger partial charge < -0.3 is 5.73 Å². The highest BCUT2D eigenvalue weighted by Gasteiger charge is 2.11. The van der Waals surface area contributed by atoms with Crippen molar-refractivity contribution >= 4 is 18.2 Å². The Morgan fingerprint density at radius 3 is 2.74 bits per heavy atom. The Kier molecular flexibility index (Phi) is 2.80. The third-order valence-electron chi connectivity index (χ3n) is 2.61. The molecule has 0 saturated carbocycles. The van der Waals surface area contributed by atoms with E-state index in [9.17, 15) is 0 Å². The minimum absolute atomic E-state index is 0.230. The molecule has 2 aromatic heterocycles. The lowest BCUT2D eigenvalue weighted by molar-refractivity contribution is 0.621. The van der Waals surface area contributed by atoms with Gasteiger partial charge in [0, 0.05) is 5.69 Å². The second kappa shape index (κ2) is 4.61. The van der Waals surface area contributed by atoms with Crippen molar-refractivity contribution in [1.82, 2.24) is 35.0 Å². The predicted molar refractivity (Wildman–Crippen MR) is 70.1 cm³/mol. The molecule has 0 aliphatic heterocycles. The number of rotatable bonds is 3. The Labute approximate surface area is 112 Å². The maximum Gasteiger partial charge on any atom is 0.240 e. The highest BCUT2D eigenvalue weighted by Crippen LogP contribution is 2.11. The van der Waals surface area contributed by atoms with E-state index in [-0.39, 0.29) is 5.95 Å². The second-order valence-corrected chi connectivity index (χ2v) is 4.20. The first-order valence-electron chi connectivity index (χ1n) is 5.49. The molecule has 0 amide bonds.